The van der Waals surface area contributed by atoms with Gasteiger partial charge in [-0.05, 0) is 38.0 Å². The molecule has 23 heavy (non-hydrogen) atoms. The number of nitrogens with zero attached hydrogens (tertiary/aromatic N) is 1. The van der Waals surface area contributed by atoms with Crippen LogP contribution in [0.5, 0.6) is 0 Å². The SMILES string of the molecule is CCOCCCNC(=O)CN(c1cccc(Cl)c1C)S(C)(=O)=O. The zero-order chi connectivity index (χ0) is 17.5. The van der Waals surface area contributed by atoms with Gasteiger partial charge in [0, 0.05) is 24.8 Å². The molecule has 1 aromatic carbocycles. The third kappa shape index (κ3) is 6.37. The number of ether oxygens (including phenoxy) is 1. The zero-order valence-corrected chi connectivity index (χ0v) is 15.2. The minimum absolute atomic E-state index is 0.283. The van der Waals surface area contributed by atoms with E-state index in [9.17, 15) is 13.2 Å². The molecule has 8 heteroatoms. The lowest BCUT2D eigenvalue weighted by Crippen LogP contribution is -2.41. The summed E-state index contributed by atoms with van der Waals surface area (Å²) in [4.78, 5) is 12.0. The van der Waals surface area contributed by atoms with Crippen LogP contribution in [0.4, 0.5) is 5.69 Å². The number of carbonyl (C=O) groups is 1. The first-order chi connectivity index (χ1) is 10.8. The van der Waals surface area contributed by atoms with Crippen LogP contribution in [-0.4, -0.2) is 46.9 Å². The van der Waals surface area contributed by atoms with Crippen molar-refractivity contribution in [2.45, 2.75) is 20.3 Å². The summed E-state index contributed by atoms with van der Waals surface area (Å²) >= 11 is 6.04. The Morgan fingerprint density at radius 1 is 1.39 bits per heavy atom. The van der Waals surface area contributed by atoms with Gasteiger partial charge in [-0.25, -0.2) is 8.42 Å². The lowest BCUT2D eigenvalue weighted by molar-refractivity contribution is -0.119. The summed E-state index contributed by atoms with van der Waals surface area (Å²) in [6.07, 6.45) is 1.74. The summed E-state index contributed by atoms with van der Waals surface area (Å²) in [6, 6.07) is 4.96. The quantitative estimate of drug-likeness (QED) is 0.681. The summed E-state index contributed by atoms with van der Waals surface area (Å²) < 4.78 is 30.3. The number of rotatable bonds is 9. The summed E-state index contributed by atoms with van der Waals surface area (Å²) in [5.74, 6) is -0.369. The van der Waals surface area contributed by atoms with E-state index in [1.165, 1.54) is 0 Å². The number of sulfonamides is 1. The highest BCUT2D eigenvalue weighted by molar-refractivity contribution is 7.92. The maximum absolute atomic E-state index is 12.0. The summed E-state index contributed by atoms with van der Waals surface area (Å²) in [7, 11) is -3.60. The van der Waals surface area contributed by atoms with Crippen LogP contribution in [0.25, 0.3) is 0 Å². The Labute approximate surface area is 142 Å². The Balaban J connectivity index is 2.77. The van der Waals surface area contributed by atoms with Crippen molar-refractivity contribution in [3.63, 3.8) is 0 Å². The van der Waals surface area contributed by atoms with Crippen molar-refractivity contribution in [2.75, 3.05) is 36.9 Å². The molecule has 6 nitrogen and oxygen atoms in total. The van der Waals surface area contributed by atoms with E-state index in [0.29, 0.717) is 42.5 Å². The molecule has 1 aromatic rings. The van der Waals surface area contributed by atoms with Gasteiger partial charge in [-0.15, -0.1) is 0 Å². The molecule has 1 N–H and O–H groups in total. The molecule has 0 aromatic heterocycles. The van der Waals surface area contributed by atoms with E-state index in [-0.39, 0.29) is 12.5 Å². The van der Waals surface area contributed by atoms with E-state index in [0.717, 1.165) is 10.6 Å². The summed E-state index contributed by atoms with van der Waals surface area (Å²) in [6.45, 7) is 4.95. The van der Waals surface area contributed by atoms with Crippen molar-refractivity contribution in [2.24, 2.45) is 0 Å². The smallest absolute Gasteiger partial charge is 0.240 e. The molecule has 0 unspecified atom stereocenters. The van der Waals surface area contributed by atoms with Gasteiger partial charge in [-0.1, -0.05) is 17.7 Å². The fraction of sp³-hybridized carbons (Fsp3) is 0.533. The standard InChI is InChI=1S/C15H23ClN2O4S/c1-4-22-10-6-9-17-15(19)11-18(23(3,20)21)14-8-5-7-13(16)12(14)2/h5,7-8H,4,6,9-11H2,1-3H3,(H,17,19). The van der Waals surface area contributed by atoms with Crippen LogP contribution in [0.3, 0.4) is 0 Å². The maximum Gasteiger partial charge on any atom is 0.240 e. The van der Waals surface area contributed by atoms with E-state index in [1.807, 2.05) is 6.92 Å². The predicted molar refractivity (Wildman–Crippen MR) is 92.5 cm³/mol. The largest absolute Gasteiger partial charge is 0.382 e. The fourth-order valence-electron chi connectivity index (χ4n) is 1.98. The van der Waals surface area contributed by atoms with Gasteiger partial charge in [0.2, 0.25) is 15.9 Å². The van der Waals surface area contributed by atoms with Crippen molar-refractivity contribution < 1.29 is 17.9 Å². The average molecular weight is 363 g/mol. The first kappa shape index (κ1) is 19.7. The van der Waals surface area contributed by atoms with Crippen LogP contribution in [0.2, 0.25) is 5.02 Å². The highest BCUT2D eigenvalue weighted by Crippen LogP contribution is 2.27. The molecule has 1 amide bonds. The van der Waals surface area contributed by atoms with Gasteiger partial charge in [0.25, 0.3) is 0 Å². The van der Waals surface area contributed by atoms with Crippen LogP contribution in [-0.2, 0) is 19.6 Å². The van der Waals surface area contributed by atoms with Gasteiger partial charge in [-0.2, -0.15) is 0 Å². The number of carbonyl (C=O) groups excluding carboxylic acids is 1. The molecule has 0 saturated heterocycles. The van der Waals surface area contributed by atoms with Crippen molar-refractivity contribution in [3.05, 3.63) is 28.8 Å². The van der Waals surface area contributed by atoms with Crippen LogP contribution >= 0.6 is 11.6 Å². The van der Waals surface area contributed by atoms with E-state index < -0.39 is 10.0 Å². The number of nitrogens with one attached hydrogen (secondary N) is 1. The Hall–Kier alpha value is -1.31. The van der Waals surface area contributed by atoms with E-state index >= 15 is 0 Å². The normalized spacial score (nSPS) is 11.3. The van der Waals surface area contributed by atoms with E-state index in [1.54, 1.807) is 25.1 Å². The second kappa shape index (κ2) is 9.10. The van der Waals surface area contributed by atoms with Crippen LogP contribution < -0.4 is 9.62 Å². The molecular formula is C15H23ClN2O4S. The van der Waals surface area contributed by atoms with Gasteiger partial charge in [0.05, 0.1) is 11.9 Å². The van der Waals surface area contributed by atoms with Crippen molar-refractivity contribution >= 4 is 33.2 Å². The first-order valence-corrected chi connectivity index (χ1v) is 9.57. The lowest BCUT2D eigenvalue weighted by Gasteiger charge is -2.24. The monoisotopic (exact) mass is 362 g/mol. The van der Waals surface area contributed by atoms with Gasteiger partial charge in [0.1, 0.15) is 6.54 Å². The topological polar surface area (TPSA) is 75.7 Å². The molecule has 0 bridgehead atoms. The molecule has 0 fully saturated rings. The molecule has 0 aliphatic rings. The fourth-order valence-corrected chi connectivity index (χ4v) is 3.06. The molecule has 0 radical (unpaired) electrons. The Morgan fingerprint density at radius 3 is 2.70 bits per heavy atom. The van der Waals surface area contributed by atoms with Crippen LogP contribution in [0, 0.1) is 6.92 Å². The van der Waals surface area contributed by atoms with Gasteiger partial charge in [0.15, 0.2) is 0 Å². The lowest BCUT2D eigenvalue weighted by atomic mass is 10.2. The van der Waals surface area contributed by atoms with Crippen molar-refractivity contribution in [1.82, 2.24) is 5.32 Å². The number of halogens is 1. The average Bonchev–Trinajstić information content (AvgIpc) is 2.47. The maximum atomic E-state index is 12.0. The van der Waals surface area contributed by atoms with Gasteiger partial charge < -0.3 is 10.1 Å². The first-order valence-electron chi connectivity index (χ1n) is 7.34. The van der Waals surface area contributed by atoms with Crippen LogP contribution in [0.1, 0.15) is 18.9 Å². The minimum Gasteiger partial charge on any atom is -0.382 e. The molecule has 0 spiro atoms. The Bertz CT molecular complexity index is 634. The molecular weight excluding hydrogens is 340 g/mol. The van der Waals surface area contributed by atoms with E-state index in [2.05, 4.69) is 5.32 Å². The molecule has 0 atom stereocenters. The summed E-state index contributed by atoms with van der Waals surface area (Å²) in [5, 5.41) is 3.14. The predicted octanol–water partition coefficient (Wildman–Crippen LogP) is 1.96. The molecule has 0 aliphatic carbocycles. The van der Waals surface area contributed by atoms with E-state index in [4.69, 9.17) is 16.3 Å². The van der Waals surface area contributed by atoms with Gasteiger partial charge in [-0.3, -0.25) is 9.10 Å². The second-order valence-corrected chi connectivity index (χ2v) is 7.37. The molecule has 0 aliphatic heterocycles. The Kier molecular flexibility index (Phi) is 7.81. The van der Waals surface area contributed by atoms with Crippen molar-refractivity contribution in [1.29, 1.82) is 0 Å². The summed E-state index contributed by atoms with van der Waals surface area (Å²) in [5.41, 5.74) is 1.02. The Morgan fingerprint density at radius 2 is 2.09 bits per heavy atom. The number of benzene rings is 1. The third-order valence-corrected chi connectivity index (χ3v) is 4.72. The zero-order valence-electron chi connectivity index (χ0n) is 13.6. The second-order valence-electron chi connectivity index (χ2n) is 5.05. The number of anilines is 1. The molecule has 0 saturated carbocycles. The van der Waals surface area contributed by atoms with Crippen molar-refractivity contribution in [3.8, 4) is 0 Å². The number of hydrogen-bond donors (Lipinski definition) is 1. The highest BCUT2D eigenvalue weighted by atomic mass is 35.5. The number of amides is 1. The van der Waals surface area contributed by atoms with Crippen LogP contribution in [0.15, 0.2) is 18.2 Å². The molecule has 130 valence electrons. The highest BCUT2D eigenvalue weighted by Gasteiger charge is 2.22. The number of hydrogen-bond acceptors (Lipinski definition) is 4. The minimum atomic E-state index is -3.60. The van der Waals surface area contributed by atoms with Gasteiger partial charge >= 0.3 is 0 Å². The molecule has 1 rings (SSSR count). The molecule has 0 heterocycles. The third-order valence-electron chi connectivity index (χ3n) is 3.19.